The number of fused-ring (bicyclic) bond motifs is 1. The van der Waals surface area contributed by atoms with Gasteiger partial charge in [-0.1, -0.05) is 12.1 Å². The van der Waals surface area contributed by atoms with Crippen molar-refractivity contribution in [2.45, 2.75) is 13.0 Å². The van der Waals surface area contributed by atoms with Gasteiger partial charge in [-0.15, -0.1) is 0 Å². The van der Waals surface area contributed by atoms with E-state index in [9.17, 15) is 14.4 Å². The molecule has 1 N–H and O–H groups in total. The van der Waals surface area contributed by atoms with Gasteiger partial charge >= 0.3 is 5.97 Å². The molecule has 0 bridgehead atoms. The summed E-state index contributed by atoms with van der Waals surface area (Å²) in [4.78, 5) is 40.9. The van der Waals surface area contributed by atoms with Crippen molar-refractivity contribution in [3.8, 4) is 0 Å². The first-order valence-electron chi connectivity index (χ1n) is 9.68. The third-order valence-corrected chi connectivity index (χ3v) is 4.63. The number of amides is 1. The Morgan fingerprint density at radius 1 is 1.03 bits per heavy atom. The smallest absolute Gasteiger partial charge is 0.338 e. The fraction of sp³-hybridized carbons (Fsp3) is 0.130. The lowest BCUT2D eigenvalue weighted by Gasteiger charge is -2.08. The molecule has 1 amide bonds. The van der Waals surface area contributed by atoms with Crippen molar-refractivity contribution in [3.63, 3.8) is 0 Å². The van der Waals surface area contributed by atoms with Crippen LogP contribution in [0.1, 0.15) is 27.3 Å². The zero-order valence-electron chi connectivity index (χ0n) is 16.5. The van der Waals surface area contributed by atoms with Crippen LogP contribution < -0.4 is 10.9 Å². The number of hydrogen-bond donors (Lipinski definition) is 1. The van der Waals surface area contributed by atoms with Gasteiger partial charge in [0.2, 0.25) is 0 Å². The number of benzene rings is 2. The molecular weight excluding hydrogens is 398 g/mol. The van der Waals surface area contributed by atoms with Crippen LogP contribution in [0.15, 0.2) is 82.5 Å². The van der Waals surface area contributed by atoms with E-state index < -0.39 is 5.97 Å². The Kier molecular flexibility index (Phi) is 5.89. The van der Waals surface area contributed by atoms with Crippen LogP contribution in [0.2, 0.25) is 0 Å². The van der Waals surface area contributed by atoms with Crippen molar-refractivity contribution in [2.75, 3.05) is 11.9 Å². The zero-order chi connectivity index (χ0) is 21.6. The lowest BCUT2D eigenvalue weighted by atomic mass is 10.2. The molecule has 0 radical (unpaired) electrons. The highest BCUT2D eigenvalue weighted by molar-refractivity contribution is 6.02. The maximum Gasteiger partial charge on any atom is 0.338 e. The number of nitrogens with zero attached hydrogens (tertiary/aromatic N) is 2. The molecule has 31 heavy (non-hydrogen) atoms. The van der Waals surface area contributed by atoms with Gasteiger partial charge in [-0.2, -0.15) is 0 Å². The topological polar surface area (TPSA) is 103 Å². The Hall–Kier alpha value is -4.20. The second-order valence-corrected chi connectivity index (χ2v) is 6.76. The molecule has 0 saturated carbocycles. The van der Waals surface area contributed by atoms with Gasteiger partial charge in [0.05, 0.1) is 35.7 Å². The highest BCUT2D eigenvalue weighted by atomic mass is 16.5. The number of hydrogen-bond acceptors (Lipinski definition) is 6. The van der Waals surface area contributed by atoms with E-state index in [4.69, 9.17) is 9.15 Å². The molecule has 4 aromatic rings. The van der Waals surface area contributed by atoms with E-state index in [0.717, 1.165) is 0 Å². The normalized spacial score (nSPS) is 10.7. The number of carbonyl (C=O) groups excluding carboxylic acids is 2. The van der Waals surface area contributed by atoms with E-state index >= 15 is 0 Å². The Morgan fingerprint density at radius 3 is 2.61 bits per heavy atom. The molecule has 0 saturated heterocycles. The number of nitrogens with one attached hydrogen (secondary N) is 1. The van der Waals surface area contributed by atoms with Crippen LogP contribution in [0.5, 0.6) is 0 Å². The van der Waals surface area contributed by atoms with Crippen molar-refractivity contribution in [1.29, 1.82) is 0 Å². The lowest BCUT2D eigenvalue weighted by molar-refractivity contribution is 0.0495. The number of aromatic nitrogens is 2. The number of aryl methyl sites for hydroxylation is 1. The number of anilines is 1. The second-order valence-electron chi connectivity index (χ2n) is 6.76. The lowest BCUT2D eigenvalue weighted by Crippen LogP contribution is -2.21. The molecule has 8 heteroatoms. The van der Waals surface area contributed by atoms with Crippen molar-refractivity contribution >= 4 is 28.5 Å². The largest absolute Gasteiger partial charge is 0.462 e. The molecule has 0 atom stereocenters. The van der Waals surface area contributed by atoms with Crippen molar-refractivity contribution in [2.24, 2.45) is 0 Å². The van der Waals surface area contributed by atoms with Crippen molar-refractivity contribution in [1.82, 2.24) is 9.55 Å². The summed E-state index contributed by atoms with van der Waals surface area (Å²) in [5.41, 5.74) is 1.42. The number of carbonyl (C=O) groups is 2. The summed E-state index contributed by atoms with van der Waals surface area (Å²) in [7, 11) is 0. The molecule has 0 aliphatic carbocycles. The third kappa shape index (κ3) is 4.69. The van der Waals surface area contributed by atoms with E-state index in [-0.39, 0.29) is 23.8 Å². The fourth-order valence-electron chi connectivity index (χ4n) is 3.04. The van der Waals surface area contributed by atoms with Crippen LogP contribution in [-0.2, 0) is 11.3 Å². The highest BCUT2D eigenvalue weighted by Crippen LogP contribution is 2.13. The quantitative estimate of drug-likeness (QED) is 0.365. The standard InChI is InChI=1S/C23H19N3O5/c27-21(20-7-3-13-30-20)25-17-10-8-16(9-11-17)23(29)31-14-4-12-26-15-24-19-6-2-1-5-18(19)22(26)28/h1-3,5-11,13,15H,4,12,14H2,(H,25,27). The number of ether oxygens (including phenoxy) is 1. The summed E-state index contributed by atoms with van der Waals surface area (Å²) < 4.78 is 11.8. The maximum atomic E-state index is 12.4. The van der Waals surface area contributed by atoms with Gasteiger partial charge in [-0.25, -0.2) is 9.78 Å². The number of esters is 1. The summed E-state index contributed by atoms with van der Waals surface area (Å²) in [6.07, 6.45) is 3.39. The molecule has 8 nitrogen and oxygen atoms in total. The van der Waals surface area contributed by atoms with E-state index in [1.165, 1.54) is 17.2 Å². The Morgan fingerprint density at radius 2 is 1.84 bits per heavy atom. The van der Waals surface area contributed by atoms with Gasteiger partial charge in [0, 0.05) is 12.2 Å². The third-order valence-electron chi connectivity index (χ3n) is 4.63. The fourth-order valence-corrected chi connectivity index (χ4v) is 3.04. The monoisotopic (exact) mass is 417 g/mol. The van der Waals surface area contributed by atoms with Gasteiger partial charge in [0.25, 0.3) is 11.5 Å². The van der Waals surface area contributed by atoms with Crippen LogP contribution in [0.3, 0.4) is 0 Å². The number of furan rings is 1. The molecule has 0 fully saturated rings. The number of para-hydroxylation sites is 1. The molecule has 0 unspecified atom stereocenters. The summed E-state index contributed by atoms with van der Waals surface area (Å²) in [5, 5.41) is 3.23. The molecule has 2 heterocycles. The van der Waals surface area contributed by atoms with Gasteiger partial charge in [-0.05, 0) is 55.0 Å². The van der Waals surface area contributed by atoms with Crippen LogP contribution in [-0.4, -0.2) is 28.0 Å². The zero-order valence-corrected chi connectivity index (χ0v) is 16.5. The van der Waals surface area contributed by atoms with Gasteiger partial charge in [-0.3, -0.25) is 14.2 Å². The van der Waals surface area contributed by atoms with Crippen LogP contribution >= 0.6 is 0 Å². The van der Waals surface area contributed by atoms with Gasteiger partial charge < -0.3 is 14.5 Å². The van der Waals surface area contributed by atoms with E-state index in [2.05, 4.69) is 10.3 Å². The molecule has 4 rings (SSSR count). The Balaban J connectivity index is 1.28. The maximum absolute atomic E-state index is 12.4. The average Bonchev–Trinajstić information content (AvgIpc) is 3.34. The van der Waals surface area contributed by atoms with Crippen molar-refractivity contribution in [3.05, 3.63) is 94.9 Å². The van der Waals surface area contributed by atoms with E-state index in [0.29, 0.717) is 35.1 Å². The second kappa shape index (κ2) is 9.08. The Labute approximate surface area is 177 Å². The minimum absolute atomic E-state index is 0.121. The van der Waals surface area contributed by atoms with Crippen LogP contribution in [0.25, 0.3) is 10.9 Å². The molecule has 2 aromatic carbocycles. The minimum Gasteiger partial charge on any atom is -0.462 e. The van der Waals surface area contributed by atoms with Crippen LogP contribution in [0.4, 0.5) is 5.69 Å². The molecule has 0 spiro atoms. The Bertz CT molecular complexity index is 1260. The summed E-state index contributed by atoms with van der Waals surface area (Å²) in [5.74, 6) is -0.657. The van der Waals surface area contributed by atoms with Crippen LogP contribution in [0, 0.1) is 0 Å². The summed E-state index contributed by atoms with van der Waals surface area (Å²) in [6.45, 7) is 0.552. The first kappa shape index (κ1) is 20.1. The first-order valence-corrected chi connectivity index (χ1v) is 9.68. The molecule has 2 aromatic heterocycles. The van der Waals surface area contributed by atoms with E-state index in [1.807, 2.05) is 6.07 Å². The predicted octanol–water partition coefficient (Wildman–Crippen LogP) is 3.49. The number of rotatable bonds is 7. The molecule has 156 valence electrons. The van der Waals surface area contributed by atoms with E-state index in [1.54, 1.807) is 54.6 Å². The van der Waals surface area contributed by atoms with Gasteiger partial charge in [0.15, 0.2) is 5.76 Å². The van der Waals surface area contributed by atoms with Gasteiger partial charge in [0.1, 0.15) is 0 Å². The summed E-state index contributed by atoms with van der Waals surface area (Å²) in [6, 6.07) is 16.7. The first-order chi connectivity index (χ1) is 15.1. The molecular formula is C23H19N3O5. The highest BCUT2D eigenvalue weighted by Gasteiger charge is 2.11. The summed E-state index contributed by atoms with van der Waals surface area (Å²) >= 11 is 0. The molecule has 0 aliphatic rings. The van der Waals surface area contributed by atoms with Crippen molar-refractivity contribution < 1.29 is 18.7 Å². The predicted molar refractivity (Wildman–Crippen MR) is 114 cm³/mol. The average molecular weight is 417 g/mol. The molecule has 0 aliphatic heterocycles. The SMILES string of the molecule is O=C(OCCCn1cnc2ccccc2c1=O)c1ccc(NC(=O)c2ccco2)cc1. The minimum atomic E-state index is -0.479.